The van der Waals surface area contributed by atoms with Crippen molar-refractivity contribution >= 4 is 22.7 Å². The van der Waals surface area contributed by atoms with Crippen molar-refractivity contribution in [3.05, 3.63) is 70.7 Å². The van der Waals surface area contributed by atoms with Crippen LogP contribution in [0.1, 0.15) is 42.3 Å². The average Bonchev–Trinajstić information content (AvgIpc) is 2.92. The van der Waals surface area contributed by atoms with Crippen molar-refractivity contribution in [1.82, 2.24) is 9.47 Å². The van der Waals surface area contributed by atoms with Gasteiger partial charge < -0.3 is 4.57 Å². The fourth-order valence-electron chi connectivity index (χ4n) is 4.10. The van der Waals surface area contributed by atoms with E-state index in [1.807, 2.05) is 19.1 Å². The van der Waals surface area contributed by atoms with Crippen molar-refractivity contribution in [3.63, 3.8) is 0 Å². The van der Waals surface area contributed by atoms with Gasteiger partial charge in [0.05, 0.1) is 5.52 Å². The lowest BCUT2D eigenvalue weighted by Crippen LogP contribution is -2.31. The van der Waals surface area contributed by atoms with Gasteiger partial charge in [-0.3, -0.25) is 4.90 Å². The number of benzene rings is 2. The van der Waals surface area contributed by atoms with Gasteiger partial charge in [-0.05, 0) is 63.6 Å². The maximum absolute atomic E-state index is 14.3. The predicted molar refractivity (Wildman–Crippen MR) is 108 cm³/mol. The third-order valence-corrected chi connectivity index (χ3v) is 5.70. The van der Waals surface area contributed by atoms with Gasteiger partial charge in [-0.25, -0.2) is 4.39 Å². The summed E-state index contributed by atoms with van der Waals surface area (Å²) in [5, 5.41) is 1.33. The molecule has 0 radical (unpaired) electrons. The fraction of sp³-hybridized carbons (Fsp3) is 0.304. The lowest BCUT2D eigenvalue weighted by molar-refractivity contribution is 0.242. The number of likely N-dealkylation sites (N-methyl/N-ethyl adjacent to an activating group) is 1. The Hall–Kier alpha value is -2.39. The number of halogens is 1. The lowest BCUT2D eigenvalue weighted by atomic mass is 9.98. The highest BCUT2D eigenvalue weighted by Gasteiger charge is 2.27. The lowest BCUT2D eigenvalue weighted by Gasteiger charge is -2.31. The molecule has 0 saturated heterocycles. The van der Waals surface area contributed by atoms with E-state index in [1.165, 1.54) is 33.8 Å². The van der Waals surface area contributed by atoms with Crippen LogP contribution >= 0.6 is 0 Å². The second-order valence-corrected chi connectivity index (χ2v) is 7.45. The first kappa shape index (κ1) is 17.0. The molecule has 0 bridgehead atoms. The first-order chi connectivity index (χ1) is 12.5. The van der Waals surface area contributed by atoms with Crippen LogP contribution in [0.4, 0.5) is 4.39 Å². The number of hydrogen-bond acceptors (Lipinski definition) is 1. The summed E-state index contributed by atoms with van der Waals surface area (Å²) in [6, 6.07) is 14.0. The summed E-state index contributed by atoms with van der Waals surface area (Å²) in [6.45, 7) is 7.45. The number of aromatic nitrogens is 1. The van der Waals surface area contributed by atoms with Crippen LogP contribution in [0.5, 0.6) is 0 Å². The largest absolute Gasteiger partial charge is 0.318 e. The maximum Gasteiger partial charge on any atom is 0.130 e. The van der Waals surface area contributed by atoms with E-state index in [0.29, 0.717) is 11.6 Å². The average molecular weight is 348 g/mol. The number of fused-ring (bicyclic) bond motifs is 3. The molecule has 1 aliphatic heterocycles. The second kappa shape index (κ2) is 6.40. The molecule has 2 aromatic carbocycles. The zero-order valence-electron chi connectivity index (χ0n) is 15.9. The fourth-order valence-corrected chi connectivity index (χ4v) is 4.10. The quantitative estimate of drug-likeness (QED) is 0.580. The summed E-state index contributed by atoms with van der Waals surface area (Å²) < 4.78 is 16.5. The van der Waals surface area contributed by atoms with Gasteiger partial charge in [-0.1, -0.05) is 29.8 Å². The molecule has 0 aliphatic carbocycles. The van der Waals surface area contributed by atoms with Crippen molar-refractivity contribution in [2.75, 3.05) is 13.6 Å². The predicted octanol–water partition coefficient (Wildman–Crippen LogP) is 5.66. The van der Waals surface area contributed by atoms with E-state index in [1.54, 1.807) is 6.07 Å². The number of aryl methyl sites for hydroxylation is 1. The van der Waals surface area contributed by atoms with Gasteiger partial charge in [0.25, 0.3) is 0 Å². The van der Waals surface area contributed by atoms with Crippen molar-refractivity contribution < 1.29 is 4.39 Å². The number of allylic oxidation sites excluding steroid dienone is 1. The Morgan fingerprint density at radius 3 is 2.73 bits per heavy atom. The summed E-state index contributed by atoms with van der Waals surface area (Å²) in [5.74, 6) is -0.174. The summed E-state index contributed by atoms with van der Waals surface area (Å²) in [5.41, 5.74) is 6.84. The molecule has 3 heteroatoms. The molecular formula is C23H25FN2. The van der Waals surface area contributed by atoms with E-state index in [4.69, 9.17) is 0 Å². The van der Waals surface area contributed by atoms with E-state index in [0.717, 1.165) is 18.5 Å². The third kappa shape index (κ3) is 2.67. The topological polar surface area (TPSA) is 8.17 Å². The zero-order chi connectivity index (χ0) is 18.4. The van der Waals surface area contributed by atoms with Gasteiger partial charge in [0.2, 0.25) is 0 Å². The molecule has 1 aliphatic rings. The minimum absolute atomic E-state index is 0.174. The molecule has 134 valence electrons. The van der Waals surface area contributed by atoms with Crippen LogP contribution in [-0.4, -0.2) is 23.1 Å². The van der Waals surface area contributed by atoms with Gasteiger partial charge in [-0.2, -0.15) is 0 Å². The molecule has 2 heterocycles. The number of nitrogens with zero attached hydrogens (tertiary/aromatic N) is 2. The molecule has 0 N–H and O–H groups in total. The molecule has 0 saturated carbocycles. The van der Waals surface area contributed by atoms with Crippen molar-refractivity contribution in [3.8, 4) is 0 Å². The van der Waals surface area contributed by atoms with Gasteiger partial charge in [0.15, 0.2) is 0 Å². The molecule has 0 amide bonds. The molecular weight excluding hydrogens is 323 g/mol. The van der Waals surface area contributed by atoms with Crippen molar-refractivity contribution in [1.29, 1.82) is 0 Å². The molecule has 4 rings (SSSR count). The van der Waals surface area contributed by atoms with Gasteiger partial charge in [0, 0.05) is 35.4 Å². The SMILES string of the molecule is C/C(=C/n1c2c(c3cc(C)ccc31)CCN(C)C2C)c1ccccc1F. The van der Waals surface area contributed by atoms with E-state index >= 15 is 0 Å². The van der Waals surface area contributed by atoms with Gasteiger partial charge in [-0.15, -0.1) is 0 Å². The van der Waals surface area contributed by atoms with Gasteiger partial charge in [0.1, 0.15) is 5.82 Å². The maximum atomic E-state index is 14.3. The second-order valence-electron chi connectivity index (χ2n) is 7.45. The minimum Gasteiger partial charge on any atom is -0.318 e. The minimum atomic E-state index is -0.174. The highest BCUT2D eigenvalue weighted by atomic mass is 19.1. The van der Waals surface area contributed by atoms with Gasteiger partial charge >= 0.3 is 0 Å². The van der Waals surface area contributed by atoms with Crippen LogP contribution in [0, 0.1) is 12.7 Å². The highest BCUT2D eigenvalue weighted by molar-refractivity contribution is 5.90. The van der Waals surface area contributed by atoms with E-state index in [9.17, 15) is 4.39 Å². The molecule has 1 atom stereocenters. The third-order valence-electron chi connectivity index (χ3n) is 5.70. The Bertz CT molecular complexity index is 1010. The van der Waals surface area contributed by atoms with E-state index < -0.39 is 0 Å². The Morgan fingerprint density at radius 1 is 1.19 bits per heavy atom. The molecule has 1 unspecified atom stereocenters. The highest BCUT2D eigenvalue weighted by Crippen LogP contribution is 2.37. The van der Waals surface area contributed by atoms with Crippen LogP contribution in [0.3, 0.4) is 0 Å². The summed E-state index contributed by atoms with van der Waals surface area (Å²) >= 11 is 0. The standard InChI is InChI=1S/C23H25FN2/c1-15-9-10-22-20(13-15)19-11-12-25(4)17(3)23(19)26(22)14-16(2)18-7-5-6-8-21(18)24/h5-10,13-14,17H,11-12H2,1-4H3/b16-14-. The number of rotatable bonds is 2. The Kier molecular flexibility index (Phi) is 4.20. The molecule has 0 fully saturated rings. The molecule has 26 heavy (non-hydrogen) atoms. The molecule has 1 aromatic heterocycles. The van der Waals surface area contributed by atoms with Crippen LogP contribution in [0.25, 0.3) is 22.7 Å². The van der Waals surface area contributed by atoms with Crippen molar-refractivity contribution in [2.45, 2.75) is 33.2 Å². The summed E-state index contributed by atoms with van der Waals surface area (Å²) in [6.07, 6.45) is 3.15. The van der Waals surface area contributed by atoms with Crippen LogP contribution in [-0.2, 0) is 6.42 Å². The van der Waals surface area contributed by atoms with Crippen LogP contribution < -0.4 is 0 Å². The summed E-state index contributed by atoms with van der Waals surface area (Å²) in [4.78, 5) is 2.39. The Balaban J connectivity index is 1.98. The van der Waals surface area contributed by atoms with E-state index in [2.05, 4.69) is 54.8 Å². The molecule has 2 nitrogen and oxygen atoms in total. The Labute approximate surface area is 154 Å². The first-order valence-corrected chi connectivity index (χ1v) is 9.24. The smallest absolute Gasteiger partial charge is 0.130 e. The van der Waals surface area contributed by atoms with Crippen molar-refractivity contribution in [2.24, 2.45) is 0 Å². The number of hydrogen-bond donors (Lipinski definition) is 0. The molecule has 3 aromatic rings. The molecule has 0 spiro atoms. The Morgan fingerprint density at radius 2 is 1.96 bits per heavy atom. The summed E-state index contributed by atoms with van der Waals surface area (Å²) in [7, 11) is 2.17. The normalized spacial score (nSPS) is 18.3. The first-order valence-electron chi connectivity index (χ1n) is 9.24. The van der Waals surface area contributed by atoms with Crippen LogP contribution in [0.15, 0.2) is 42.5 Å². The monoisotopic (exact) mass is 348 g/mol. The van der Waals surface area contributed by atoms with Crippen LogP contribution in [0.2, 0.25) is 0 Å². The van der Waals surface area contributed by atoms with E-state index in [-0.39, 0.29) is 5.82 Å². The zero-order valence-corrected chi connectivity index (χ0v) is 15.9.